The second-order valence-electron chi connectivity index (χ2n) is 4.99. The molecule has 0 aromatic carbocycles. The molecule has 1 saturated heterocycles. The van der Waals surface area contributed by atoms with E-state index >= 15 is 0 Å². The van der Waals surface area contributed by atoms with Crippen molar-refractivity contribution in [2.45, 2.75) is 25.1 Å². The number of aromatic nitrogens is 1. The van der Waals surface area contributed by atoms with Crippen molar-refractivity contribution in [3.8, 4) is 0 Å². The van der Waals surface area contributed by atoms with E-state index in [1.54, 1.807) is 0 Å². The van der Waals surface area contributed by atoms with E-state index in [1.807, 2.05) is 0 Å². The van der Waals surface area contributed by atoms with Crippen LogP contribution in [0.15, 0.2) is 18.3 Å². The molecule has 1 aromatic heterocycles. The van der Waals surface area contributed by atoms with E-state index in [1.165, 1.54) is 23.2 Å². The number of piperidine rings is 1. The van der Waals surface area contributed by atoms with Crippen LogP contribution in [0, 0.1) is 5.92 Å². The van der Waals surface area contributed by atoms with Crippen molar-refractivity contribution in [2.24, 2.45) is 5.92 Å². The summed E-state index contributed by atoms with van der Waals surface area (Å²) >= 11 is 5.63. The van der Waals surface area contributed by atoms with Crippen LogP contribution in [0.3, 0.4) is 0 Å². The number of hydrogen-bond acceptors (Lipinski definition) is 3. The number of pyridine rings is 1. The SMILES string of the molecule is O=C(c1ccc(Cl)nc1)N1CCC(C(O)C(F)(F)F)CC1. The van der Waals surface area contributed by atoms with Crippen molar-refractivity contribution in [2.75, 3.05) is 13.1 Å². The first kappa shape index (κ1) is 16.0. The minimum atomic E-state index is -4.61. The number of alkyl halides is 3. The molecule has 0 saturated carbocycles. The van der Waals surface area contributed by atoms with Gasteiger partial charge in [-0.1, -0.05) is 11.6 Å². The Balaban J connectivity index is 1.95. The van der Waals surface area contributed by atoms with Gasteiger partial charge in [-0.2, -0.15) is 13.2 Å². The third-order valence-electron chi connectivity index (χ3n) is 3.58. The lowest BCUT2D eigenvalue weighted by atomic mass is 9.90. The molecule has 1 fully saturated rings. The topological polar surface area (TPSA) is 53.4 Å². The van der Waals surface area contributed by atoms with Crippen molar-refractivity contribution in [3.63, 3.8) is 0 Å². The molecule has 1 amide bonds. The summed E-state index contributed by atoms with van der Waals surface area (Å²) in [4.78, 5) is 17.4. The summed E-state index contributed by atoms with van der Waals surface area (Å²) in [6.45, 7) is 0.360. The van der Waals surface area contributed by atoms with Crippen molar-refractivity contribution in [3.05, 3.63) is 29.0 Å². The first-order valence-electron chi connectivity index (χ1n) is 6.44. The predicted octanol–water partition coefficient (Wildman–Crippen LogP) is 2.51. The largest absolute Gasteiger partial charge is 0.414 e. The molecule has 0 bridgehead atoms. The summed E-state index contributed by atoms with van der Waals surface area (Å²) in [5, 5.41) is 9.49. The fourth-order valence-electron chi connectivity index (χ4n) is 2.37. The van der Waals surface area contributed by atoms with Gasteiger partial charge in [0.05, 0.1) is 5.56 Å². The van der Waals surface area contributed by atoms with Gasteiger partial charge in [-0.25, -0.2) is 4.98 Å². The molecule has 4 nitrogen and oxygen atoms in total. The Morgan fingerprint density at radius 2 is 2.00 bits per heavy atom. The number of carbonyl (C=O) groups is 1. The van der Waals surface area contributed by atoms with E-state index < -0.39 is 18.2 Å². The van der Waals surface area contributed by atoms with Crippen LogP contribution in [-0.2, 0) is 0 Å². The Hall–Kier alpha value is -1.34. The molecular formula is C13H14ClF3N2O2. The summed E-state index contributed by atoms with van der Waals surface area (Å²) in [7, 11) is 0. The average Bonchev–Trinajstić information content (AvgIpc) is 2.46. The number of carbonyl (C=O) groups excluding carboxylic acids is 1. The molecule has 8 heteroatoms. The van der Waals surface area contributed by atoms with E-state index in [0.29, 0.717) is 5.56 Å². The predicted molar refractivity (Wildman–Crippen MR) is 69.9 cm³/mol. The third kappa shape index (κ3) is 3.85. The normalized spacial score (nSPS) is 18.6. The summed E-state index contributed by atoms with van der Waals surface area (Å²) in [5.41, 5.74) is 0.342. The van der Waals surface area contributed by atoms with Crippen molar-refractivity contribution in [1.29, 1.82) is 0 Å². The van der Waals surface area contributed by atoms with Gasteiger partial charge in [-0.15, -0.1) is 0 Å². The van der Waals surface area contributed by atoms with E-state index in [-0.39, 0.29) is 37.0 Å². The lowest BCUT2D eigenvalue weighted by Gasteiger charge is -2.34. The van der Waals surface area contributed by atoms with E-state index in [4.69, 9.17) is 11.6 Å². The number of likely N-dealkylation sites (tertiary alicyclic amines) is 1. The van der Waals surface area contributed by atoms with Gasteiger partial charge in [0.25, 0.3) is 5.91 Å². The summed E-state index contributed by atoms with van der Waals surface area (Å²) in [6, 6.07) is 3.00. The van der Waals surface area contributed by atoms with Crippen LogP contribution < -0.4 is 0 Å². The summed E-state index contributed by atoms with van der Waals surface area (Å²) < 4.78 is 37.3. The number of halogens is 4. The maximum absolute atomic E-state index is 12.4. The second-order valence-corrected chi connectivity index (χ2v) is 5.37. The minimum Gasteiger partial charge on any atom is -0.383 e. The Morgan fingerprint density at radius 1 is 1.38 bits per heavy atom. The quantitative estimate of drug-likeness (QED) is 0.851. The van der Waals surface area contributed by atoms with Gasteiger partial charge >= 0.3 is 6.18 Å². The van der Waals surface area contributed by atoms with Gasteiger partial charge in [0.2, 0.25) is 0 Å². The maximum Gasteiger partial charge on any atom is 0.414 e. The van der Waals surface area contributed by atoms with Gasteiger partial charge in [0.15, 0.2) is 6.10 Å². The highest BCUT2D eigenvalue weighted by molar-refractivity contribution is 6.29. The molecular weight excluding hydrogens is 309 g/mol. The zero-order valence-electron chi connectivity index (χ0n) is 11.0. The standard InChI is InChI=1S/C13H14ClF3N2O2/c14-10-2-1-9(7-18-10)12(21)19-5-3-8(4-6-19)11(20)13(15,16)17/h1-2,7-8,11,20H,3-6H2. The molecule has 1 unspecified atom stereocenters. The minimum absolute atomic E-state index is 0.118. The van der Waals surface area contributed by atoms with Gasteiger partial charge in [-0.05, 0) is 30.9 Å². The molecule has 0 spiro atoms. The van der Waals surface area contributed by atoms with Crippen LogP contribution in [-0.4, -0.2) is 46.3 Å². The second kappa shape index (κ2) is 6.19. The Bertz CT molecular complexity index is 499. The van der Waals surface area contributed by atoms with E-state index in [9.17, 15) is 23.1 Å². The smallest absolute Gasteiger partial charge is 0.383 e. The highest BCUT2D eigenvalue weighted by Gasteiger charge is 2.44. The number of nitrogens with zero attached hydrogens (tertiary/aromatic N) is 2. The lowest BCUT2D eigenvalue weighted by molar-refractivity contribution is -0.222. The van der Waals surface area contributed by atoms with E-state index in [0.717, 1.165) is 0 Å². The molecule has 1 atom stereocenters. The molecule has 2 heterocycles. The number of aliphatic hydroxyl groups excluding tert-OH is 1. The van der Waals surface area contributed by atoms with Crippen LogP contribution in [0.5, 0.6) is 0 Å². The van der Waals surface area contributed by atoms with Crippen LogP contribution in [0.2, 0.25) is 5.15 Å². The van der Waals surface area contributed by atoms with Crippen molar-refractivity contribution < 1.29 is 23.1 Å². The zero-order chi connectivity index (χ0) is 15.6. The molecule has 21 heavy (non-hydrogen) atoms. The molecule has 1 aliphatic heterocycles. The van der Waals surface area contributed by atoms with Crippen LogP contribution >= 0.6 is 11.6 Å². The molecule has 1 N–H and O–H groups in total. The molecule has 116 valence electrons. The highest BCUT2D eigenvalue weighted by Crippen LogP contribution is 2.31. The lowest BCUT2D eigenvalue weighted by Crippen LogP contribution is -2.45. The van der Waals surface area contributed by atoms with Crippen LogP contribution in [0.4, 0.5) is 13.2 Å². The third-order valence-corrected chi connectivity index (χ3v) is 3.81. The van der Waals surface area contributed by atoms with Gasteiger partial charge in [0, 0.05) is 19.3 Å². The van der Waals surface area contributed by atoms with Crippen LogP contribution in [0.1, 0.15) is 23.2 Å². The first-order valence-corrected chi connectivity index (χ1v) is 6.82. The van der Waals surface area contributed by atoms with E-state index in [2.05, 4.69) is 4.98 Å². The number of hydrogen-bond donors (Lipinski definition) is 1. The Morgan fingerprint density at radius 3 is 2.48 bits per heavy atom. The number of rotatable bonds is 2. The van der Waals surface area contributed by atoms with Crippen LogP contribution in [0.25, 0.3) is 0 Å². The van der Waals surface area contributed by atoms with Gasteiger partial charge in [0.1, 0.15) is 5.15 Å². The number of aliphatic hydroxyl groups is 1. The summed E-state index contributed by atoms with van der Waals surface area (Å²) in [5.74, 6) is -1.16. The molecule has 0 aliphatic carbocycles. The average molecular weight is 323 g/mol. The first-order chi connectivity index (χ1) is 9.79. The molecule has 1 aromatic rings. The monoisotopic (exact) mass is 322 g/mol. The molecule has 0 radical (unpaired) electrons. The van der Waals surface area contributed by atoms with Gasteiger partial charge < -0.3 is 10.0 Å². The highest BCUT2D eigenvalue weighted by atomic mass is 35.5. The Kier molecular flexibility index (Phi) is 4.73. The fraction of sp³-hybridized carbons (Fsp3) is 0.538. The fourth-order valence-corrected chi connectivity index (χ4v) is 2.48. The Labute approximate surface area is 124 Å². The van der Waals surface area contributed by atoms with Crippen molar-refractivity contribution >= 4 is 17.5 Å². The zero-order valence-corrected chi connectivity index (χ0v) is 11.7. The van der Waals surface area contributed by atoms with Crippen molar-refractivity contribution in [1.82, 2.24) is 9.88 Å². The molecule has 1 aliphatic rings. The maximum atomic E-state index is 12.4. The number of amides is 1. The molecule has 2 rings (SSSR count). The van der Waals surface area contributed by atoms with Gasteiger partial charge in [-0.3, -0.25) is 4.79 Å². The summed E-state index contributed by atoms with van der Waals surface area (Å²) in [6.07, 6.45) is -5.37.